The summed E-state index contributed by atoms with van der Waals surface area (Å²) in [6, 6.07) is 9.99. The fourth-order valence-corrected chi connectivity index (χ4v) is 4.02. The van der Waals surface area contributed by atoms with Gasteiger partial charge in [0.25, 0.3) is 0 Å². The average Bonchev–Trinajstić information content (AvgIpc) is 2.86. The maximum absolute atomic E-state index is 14.8. The van der Waals surface area contributed by atoms with E-state index in [9.17, 15) is 35.5 Å². The minimum atomic E-state index is -1.49. The number of alkyl halides is 1. The number of esters is 1. The zero-order chi connectivity index (χ0) is 28.3. The maximum Gasteiger partial charge on any atom is 0.349 e. The largest absolute Gasteiger partial charge is 0.457 e. The van der Waals surface area contributed by atoms with Crippen LogP contribution in [0.2, 0.25) is 0 Å². The van der Waals surface area contributed by atoms with Crippen LogP contribution in [-0.4, -0.2) is 12.8 Å². The first-order chi connectivity index (χ1) is 18.6. The Bertz CT molecular complexity index is 1510. The third kappa shape index (κ3) is 5.89. The Kier molecular flexibility index (Phi) is 8.23. The number of carbonyl (C=O) groups is 1. The van der Waals surface area contributed by atoms with E-state index >= 15 is 0 Å². The molecule has 0 aromatic heterocycles. The number of hydrogen-bond donors (Lipinski definition) is 0. The van der Waals surface area contributed by atoms with Gasteiger partial charge in [0.05, 0.1) is 0 Å². The van der Waals surface area contributed by atoms with E-state index in [0.717, 1.165) is 36.2 Å². The lowest BCUT2D eigenvalue weighted by Crippen LogP contribution is -2.13. The van der Waals surface area contributed by atoms with Gasteiger partial charge in [-0.15, -0.1) is 0 Å². The molecule has 0 saturated carbocycles. The van der Waals surface area contributed by atoms with Crippen LogP contribution in [0.5, 0.6) is 11.5 Å². The van der Waals surface area contributed by atoms with E-state index in [-0.39, 0.29) is 22.3 Å². The van der Waals surface area contributed by atoms with Crippen LogP contribution in [-0.2, 0) is 6.42 Å². The van der Waals surface area contributed by atoms with Gasteiger partial charge in [0.2, 0.25) is 6.86 Å². The normalized spacial score (nSPS) is 11.0. The molecule has 0 N–H and O–H groups in total. The van der Waals surface area contributed by atoms with E-state index in [2.05, 4.69) is 4.74 Å². The molecule has 0 bridgehead atoms. The van der Waals surface area contributed by atoms with Gasteiger partial charge >= 0.3 is 5.97 Å². The van der Waals surface area contributed by atoms with Crippen molar-refractivity contribution in [2.45, 2.75) is 19.8 Å². The van der Waals surface area contributed by atoms with Crippen LogP contribution in [0.15, 0.2) is 60.7 Å². The van der Waals surface area contributed by atoms with E-state index in [1.165, 1.54) is 12.1 Å². The summed E-state index contributed by atoms with van der Waals surface area (Å²) in [7, 11) is 0. The first-order valence-corrected chi connectivity index (χ1v) is 11.6. The molecule has 4 aromatic carbocycles. The highest BCUT2D eigenvalue weighted by Gasteiger charge is 2.23. The quantitative estimate of drug-likeness (QED) is 0.126. The third-order valence-corrected chi connectivity index (χ3v) is 5.79. The number of rotatable bonds is 8. The van der Waals surface area contributed by atoms with Crippen molar-refractivity contribution in [2.24, 2.45) is 0 Å². The Morgan fingerprint density at radius 1 is 0.692 bits per heavy atom. The van der Waals surface area contributed by atoms with Gasteiger partial charge in [-0.2, -0.15) is 0 Å². The molecule has 202 valence electrons. The Balaban J connectivity index is 1.57. The minimum Gasteiger partial charge on any atom is -0.457 e. The van der Waals surface area contributed by atoms with Gasteiger partial charge in [-0.3, -0.25) is 0 Å². The average molecular weight is 548 g/mol. The fraction of sp³-hybridized carbons (Fsp3) is 0.138. The molecule has 0 atom stereocenters. The molecule has 0 amide bonds. The first-order valence-electron chi connectivity index (χ1n) is 11.6. The molecule has 10 heteroatoms. The lowest BCUT2D eigenvalue weighted by Gasteiger charge is -2.11. The number of hydrogen-bond acceptors (Lipinski definition) is 3. The van der Waals surface area contributed by atoms with Gasteiger partial charge < -0.3 is 9.47 Å². The molecule has 3 nitrogen and oxygen atoms in total. The Labute approximate surface area is 218 Å². The predicted molar refractivity (Wildman–Crippen MR) is 129 cm³/mol. The van der Waals surface area contributed by atoms with Gasteiger partial charge in [-0.05, 0) is 65.6 Å². The molecule has 4 rings (SSSR count). The second kappa shape index (κ2) is 11.6. The topological polar surface area (TPSA) is 35.5 Å². The molecule has 0 aliphatic carbocycles. The van der Waals surface area contributed by atoms with Crippen LogP contribution in [0.1, 0.15) is 29.3 Å². The number of aryl methyl sites for hydroxylation is 1. The van der Waals surface area contributed by atoms with Gasteiger partial charge in [-0.25, -0.2) is 35.5 Å². The number of carbonyl (C=O) groups excluding carboxylic acids is 1. The highest BCUT2D eigenvalue weighted by molar-refractivity contribution is 5.92. The zero-order valence-electron chi connectivity index (χ0n) is 20.3. The van der Waals surface area contributed by atoms with Crippen molar-refractivity contribution in [1.82, 2.24) is 0 Å². The van der Waals surface area contributed by atoms with Crippen molar-refractivity contribution in [2.75, 3.05) is 6.86 Å². The molecule has 0 radical (unpaired) electrons. The molecule has 4 aromatic rings. The minimum absolute atomic E-state index is 0.0672. The smallest absolute Gasteiger partial charge is 0.349 e. The maximum atomic E-state index is 14.8. The van der Waals surface area contributed by atoms with Crippen LogP contribution in [0, 0.1) is 34.9 Å². The monoisotopic (exact) mass is 548 g/mol. The summed E-state index contributed by atoms with van der Waals surface area (Å²) in [6.45, 7) is 0.444. The molecule has 0 aliphatic rings. The molecule has 0 aliphatic heterocycles. The second-order valence-corrected chi connectivity index (χ2v) is 8.43. The van der Waals surface area contributed by atoms with Crippen molar-refractivity contribution >= 4 is 5.97 Å². The van der Waals surface area contributed by atoms with E-state index < -0.39 is 64.8 Å². The molecular weight excluding hydrogens is 529 g/mol. The summed E-state index contributed by atoms with van der Waals surface area (Å²) in [5.74, 6) is -9.90. The van der Waals surface area contributed by atoms with Crippen LogP contribution in [0.4, 0.5) is 30.7 Å². The fourth-order valence-electron chi connectivity index (χ4n) is 4.02. The third-order valence-electron chi connectivity index (χ3n) is 5.79. The van der Waals surface area contributed by atoms with Gasteiger partial charge in [-0.1, -0.05) is 25.5 Å². The van der Waals surface area contributed by atoms with Crippen LogP contribution < -0.4 is 9.47 Å². The summed E-state index contributed by atoms with van der Waals surface area (Å²) in [5, 5.41) is 0. The van der Waals surface area contributed by atoms with Crippen molar-refractivity contribution in [1.29, 1.82) is 0 Å². The van der Waals surface area contributed by atoms with E-state index in [1.807, 2.05) is 6.92 Å². The Hall–Kier alpha value is -4.34. The number of ether oxygens (including phenoxy) is 2. The molecular formula is C29H19F7O3. The predicted octanol–water partition coefficient (Wildman–Crippen LogP) is 8.33. The lowest BCUT2D eigenvalue weighted by molar-refractivity contribution is 0.0724. The molecule has 0 spiro atoms. The first kappa shape index (κ1) is 27.7. The van der Waals surface area contributed by atoms with E-state index in [4.69, 9.17) is 4.74 Å². The van der Waals surface area contributed by atoms with E-state index in [0.29, 0.717) is 24.6 Å². The van der Waals surface area contributed by atoms with Gasteiger partial charge in [0, 0.05) is 17.2 Å². The van der Waals surface area contributed by atoms with Crippen molar-refractivity contribution < 1.29 is 45.0 Å². The van der Waals surface area contributed by atoms with Gasteiger partial charge in [0.15, 0.2) is 17.4 Å². The Morgan fingerprint density at radius 3 is 1.74 bits per heavy atom. The standard InChI is InChI=1S/C29H19F7O3/c1-2-3-15-4-6-19(21(31)8-15)16-9-23(33)27(24(34)10-16)29(37)39-18-5-7-20(22(32)13-18)17-11-25(35)28(38-14-30)26(36)12-17/h4-13H,2-3,14H2,1H3. The second-order valence-electron chi connectivity index (χ2n) is 8.43. The number of benzene rings is 4. The molecule has 0 unspecified atom stereocenters. The SMILES string of the molecule is CCCc1ccc(-c2cc(F)c(C(=O)Oc3ccc(-c4cc(F)c(OCF)c(F)c4)c(F)c3)c(F)c2)c(F)c1. The van der Waals surface area contributed by atoms with Crippen LogP contribution in [0.3, 0.4) is 0 Å². The molecule has 0 heterocycles. The summed E-state index contributed by atoms with van der Waals surface area (Å²) in [6.07, 6.45) is 1.41. The van der Waals surface area contributed by atoms with Crippen molar-refractivity contribution in [3.63, 3.8) is 0 Å². The Morgan fingerprint density at radius 2 is 1.23 bits per heavy atom. The van der Waals surface area contributed by atoms with Crippen LogP contribution in [0.25, 0.3) is 22.3 Å². The summed E-state index contributed by atoms with van der Waals surface area (Å²) >= 11 is 0. The highest BCUT2D eigenvalue weighted by Crippen LogP contribution is 2.33. The molecule has 0 fully saturated rings. The van der Waals surface area contributed by atoms with Crippen molar-refractivity contribution in [3.8, 4) is 33.8 Å². The highest BCUT2D eigenvalue weighted by atomic mass is 19.2. The van der Waals surface area contributed by atoms with Crippen LogP contribution >= 0.6 is 0 Å². The molecule has 0 saturated heterocycles. The van der Waals surface area contributed by atoms with E-state index in [1.54, 1.807) is 6.07 Å². The lowest BCUT2D eigenvalue weighted by atomic mass is 9.99. The van der Waals surface area contributed by atoms with Crippen molar-refractivity contribution in [3.05, 3.63) is 107 Å². The zero-order valence-corrected chi connectivity index (χ0v) is 20.3. The van der Waals surface area contributed by atoms with Gasteiger partial charge in [0.1, 0.15) is 34.6 Å². The summed E-state index contributed by atoms with van der Waals surface area (Å²) in [5.41, 5.74) is -1.15. The summed E-state index contributed by atoms with van der Waals surface area (Å²) < 4.78 is 108. The molecule has 39 heavy (non-hydrogen) atoms. The number of halogens is 7. The summed E-state index contributed by atoms with van der Waals surface area (Å²) in [4.78, 5) is 12.5.